The number of carbonyl (C=O) groups is 1. The van der Waals surface area contributed by atoms with Crippen molar-refractivity contribution < 1.29 is 19.0 Å². The van der Waals surface area contributed by atoms with Crippen molar-refractivity contribution in [2.45, 2.75) is 13.8 Å². The van der Waals surface area contributed by atoms with Crippen molar-refractivity contribution in [1.82, 2.24) is 0 Å². The van der Waals surface area contributed by atoms with Crippen molar-refractivity contribution in [1.29, 1.82) is 0 Å². The van der Waals surface area contributed by atoms with Crippen LogP contribution in [0.15, 0.2) is 58.8 Å². The predicted molar refractivity (Wildman–Crippen MR) is 97.4 cm³/mol. The van der Waals surface area contributed by atoms with E-state index >= 15 is 0 Å². The van der Waals surface area contributed by atoms with Crippen molar-refractivity contribution in [2.24, 2.45) is 10.2 Å². The fraction of sp³-hybridized carbons (Fsp3) is 0.105. The van der Waals surface area contributed by atoms with Crippen molar-refractivity contribution in [3.05, 3.63) is 70.4 Å². The van der Waals surface area contributed by atoms with E-state index in [0.29, 0.717) is 26.7 Å². The number of aromatic hydroxyl groups is 1. The van der Waals surface area contributed by atoms with E-state index in [-0.39, 0.29) is 11.5 Å². The SMILES string of the molecule is Cc1cc(N=Nc2ccc(C(=O)Oc3ccccc3F)s2)cc(C)c1O. The molecule has 0 aliphatic carbocycles. The largest absolute Gasteiger partial charge is 0.507 e. The Morgan fingerprint density at radius 2 is 1.77 bits per heavy atom. The first-order valence-corrected chi connectivity index (χ1v) is 8.54. The first kappa shape index (κ1) is 17.8. The number of carbonyl (C=O) groups excluding carboxylic acids is 1. The van der Waals surface area contributed by atoms with E-state index in [1.54, 1.807) is 44.2 Å². The van der Waals surface area contributed by atoms with E-state index in [0.717, 1.165) is 11.3 Å². The molecule has 132 valence electrons. The molecular weight excluding hydrogens is 355 g/mol. The van der Waals surface area contributed by atoms with Gasteiger partial charge in [-0.2, -0.15) is 0 Å². The van der Waals surface area contributed by atoms with Gasteiger partial charge in [0.1, 0.15) is 15.6 Å². The molecule has 1 aromatic heterocycles. The monoisotopic (exact) mass is 370 g/mol. The number of rotatable bonds is 4. The molecule has 0 atom stereocenters. The molecule has 0 aliphatic heterocycles. The van der Waals surface area contributed by atoms with Crippen LogP contribution >= 0.6 is 11.3 Å². The van der Waals surface area contributed by atoms with E-state index in [4.69, 9.17) is 4.74 Å². The number of nitrogens with zero attached hydrogens (tertiary/aromatic N) is 2. The summed E-state index contributed by atoms with van der Waals surface area (Å²) in [6.07, 6.45) is 0. The summed E-state index contributed by atoms with van der Waals surface area (Å²) >= 11 is 1.09. The summed E-state index contributed by atoms with van der Waals surface area (Å²) in [5.41, 5.74) is 2.01. The Labute approximate surface area is 153 Å². The van der Waals surface area contributed by atoms with Gasteiger partial charge in [-0.3, -0.25) is 0 Å². The number of ether oxygens (including phenoxy) is 1. The average molecular weight is 370 g/mol. The van der Waals surface area contributed by atoms with Crippen LogP contribution in [0.2, 0.25) is 0 Å². The zero-order valence-corrected chi connectivity index (χ0v) is 14.9. The standard InChI is InChI=1S/C19H15FN2O3S/c1-11-9-13(10-12(2)18(11)23)21-22-17-8-7-16(26-17)19(24)25-15-6-4-3-5-14(15)20/h3-10,23H,1-2H3. The van der Waals surface area contributed by atoms with Crippen LogP contribution in [0, 0.1) is 19.7 Å². The van der Waals surface area contributed by atoms with Gasteiger partial charge < -0.3 is 9.84 Å². The Hall–Kier alpha value is -3.06. The molecule has 1 N–H and O–H groups in total. The summed E-state index contributed by atoms with van der Waals surface area (Å²) < 4.78 is 18.6. The minimum absolute atomic E-state index is 0.121. The van der Waals surface area contributed by atoms with Gasteiger partial charge in [0, 0.05) is 0 Å². The smallest absolute Gasteiger partial charge is 0.353 e. The summed E-state index contributed by atoms with van der Waals surface area (Å²) in [5, 5.41) is 18.5. The molecule has 7 heteroatoms. The lowest BCUT2D eigenvalue weighted by molar-refractivity contribution is 0.0733. The number of thiophene rings is 1. The second kappa shape index (κ2) is 7.45. The van der Waals surface area contributed by atoms with E-state index in [2.05, 4.69) is 10.2 Å². The summed E-state index contributed by atoms with van der Waals surface area (Å²) in [6.45, 7) is 3.56. The van der Waals surface area contributed by atoms with Crippen molar-refractivity contribution in [3.63, 3.8) is 0 Å². The Balaban J connectivity index is 1.73. The highest BCUT2D eigenvalue weighted by atomic mass is 32.1. The molecule has 0 amide bonds. The molecule has 2 aromatic carbocycles. The molecular formula is C19H15FN2O3S. The van der Waals surface area contributed by atoms with Gasteiger partial charge in [-0.05, 0) is 61.4 Å². The molecule has 0 unspecified atom stereocenters. The maximum absolute atomic E-state index is 13.5. The zero-order valence-electron chi connectivity index (χ0n) is 14.1. The van der Waals surface area contributed by atoms with E-state index in [1.807, 2.05) is 0 Å². The molecule has 1 heterocycles. The van der Waals surface area contributed by atoms with Crippen LogP contribution in [0.5, 0.6) is 11.5 Å². The molecule has 26 heavy (non-hydrogen) atoms. The van der Waals surface area contributed by atoms with E-state index < -0.39 is 11.8 Å². The Bertz CT molecular complexity index is 975. The number of halogens is 1. The van der Waals surface area contributed by atoms with Crippen molar-refractivity contribution >= 4 is 28.0 Å². The molecule has 0 radical (unpaired) electrons. The van der Waals surface area contributed by atoms with Gasteiger partial charge in [0.15, 0.2) is 11.6 Å². The minimum Gasteiger partial charge on any atom is -0.507 e. The lowest BCUT2D eigenvalue weighted by Crippen LogP contribution is -2.07. The number of hydrogen-bond donors (Lipinski definition) is 1. The number of benzene rings is 2. The minimum atomic E-state index is -0.655. The van der Waals surface area contributed by atoms with Gasteiger partial charge in [0.2, 0.25) is 0 Å². The van der Waals surface area contributed by atoms with Gasteiger partial charge in [0.05, 0.1) is 5.69 Å². The Morgan fingerprint density at radius 3 is 2.46 bits per heavy atom. The molecule has 0 spiro atoms. The van der Waals surface area contributed by atoms with Crippen LogP contribution in [0.1, 0.15) is 20.8 Å². The number of azo groups is 1. The van der Waals surface area contributed by atoms with E-state index in [9.17, 15) is 14.3 Å². The fourth-order valence-electron chi connectivity index (χ4n) is 2.27. The van der Waals surface area contributed by atoms with Crippen LogP contribution in [0.25, 0.3) is 0 Å². The number of aryl methyl sites for hydroxylation is 2. The van der Waals surface area contributed by atoms with Crippen LogP contribution in [-0.2, 0) is 0 Å². The second-order valence-electron chi connectivity index (χ2n) is 5.59. The van der Waals surface area contributed by atoms with Crippen LogP contribution in [-0.4, -0.2) is 11.1 Å². The number of hydrogen-bond acceptors (Lipinski definition) is 6. The highest BCUT2D eigenvalue weighted by Crippen LogP contribution is 2.31. The summed E-state index contributed by atoms with van der Waals surface area (Å²) in [7, 11) is 0. The van der Waals surface area contributed by atoms with Crippen LogP contribution < -0.4 is 4.74 Å². The summed E-state index contributed by atoms with van der Waals surface area (Å²) in [4.78, 5) is 12.4. The maximum atomic E-state index is 13.5. The highest BCUT2D eigenvalue weighted by molar-refractivity contribution is 7.17. The van der Waals surface area contributed by atoms with Gasteiger partial charge in [-0.15, -0.1) is 21.6 Å². The van der Waals surface area contributed by atoms with Crippen LogP contribution in [0.4, 0.5) is 15.1 Å². The first-order chi connectivity index (χ1) is 12.4. The van der Waals surface area contributed by atoms with Gasteiger partial charge >= 0.3 is 5.97 Å². The summed E-state index contributed by atoms with van der Waals surface area (Å²) in [6, 6.07) is 12.3. The number of para-hydroxylation sites is 1. The molecule has 5 nitrogen and oxygen atoms in total. The van der Waals surface area contributed by atoms with Crippen molar-refractivity contribution in [3.8, 4) is 11.5 Å². The number of phenols is 1. The Morgan fingerprint density at radius 1 is 1.08 bits per heavy atom. The highest BCUT2D eigenvalue weighted by Gasteiger charge is 2.14. The molecule has 0 saturated heterocycles. The average Bonchev–Trinajstić information content (AvgIpc) is 3.09. The molecule has 0 saturated carbocycles. The third kappa shape index (κ3) is 3.94. The topological polar surface area (TPSA) is 71.2 Å². The molecule has 3 aromatic rings. The van der Waals surface area contributed by atoms with Crippen molar-refractivity contribution in [2.75, 3.05) is 0 Å². The van der Waals surface area contributed by atoms with Gasteiger partial charge in [0.25, 0.3) is 0 Å². The fourth-order valence-corrected chi connectivity index (χ4v) is 2.97. The Kier molecular flexibility index (Phi) is 5.09. The third-order valence-electron chi connectivity index (χ3n) is 3.57. The third-order valence-corrected chi connectivity index (χ3v) is 4.52. The predicted octanol–water partition coefficient (Wildman–Crippen LogP) is 5.84. The quantitative estimate of drug-likeness (QED) is 0.356. The maximum Gasteiger partial charge on any atom is 0.353 e. The van der Waals surface area contributed by atoms with Gasteiger partial charge in [-0.25, -0.2) is 9.18 Å². The van der Waals surface area contributed by atoms with E-state index in [1.165, 1.54) is 18.2 Å². The molecule has 0 fully saturated rings. The van der Waals surface area contributed by atoms with Gasteiger partial charge in [-0.1, -0.05) is 12.1 Å². The summed E-state index contributed by atoms with van der Waals surface area (Å²) in [5.74, 6) is -1.14. The second-order valence-corrected chi connectivity index (χ2v) is 6.65. The lowest BCUT2D eigenvalue weighted by atomic mass is 10.1. The normalized spacial score (nSPS) is 11.0. The molecule has 0 bridgehead atoms. The molecule has 3 rings (SSSR count). The number of phenolic OH excluding ortho intramolecular Hbond substituents is 1. The lowest BCUT2D eigenvalue weighted by Gasteiger charge is -2.03. The molecule has 0 aliphatic rings. The van der Waals surface area contributed by atoms with Crippen LogP contribution in [0.3, 0.4) is 0 Å². The zero-order chi connectivity index (χ0) is 18.7. The number of esters is 1. The first-order valence-electron chi connectivity index (χ1n) is 7.72.